The molecule has 1 aliphatic heterocycles. The summed E-state index contributed by atoms with van der Waals surface area (Å²) in [4.78, 5) is 0. The molecular formula is C13H23NO. The largest absolute Gasteiger partial charge is 0.378 e. The highest BCUT2D eigenvalue weighted by molar-refractivity contribution is 4.88. The highest BCUT2D eigenvalue weighted by atomic mass is 16.5. The van der Waals surface area contributed by atoms with Gasteiger partial charge in [-0.1, -0.05) is 25.7 Å². The third-order valence-electron chi connectivity index (χ3n) is 4.65. The van der Waals surface area contributed by atoms with E-state index in [0.717, 1.165) is 31.1 Å². The number of ether oxygens (including phenoxy) is 1. The average Bonchev–Trinajstić information content (AvgIpc) is 2.23. The van der Waals surface area contributed by atoms with Crippen molar-refractivity contribution in [3.05, 3.63) is 0 Å². The Hall–Kier alpha value is -0.0800. The minimum absolute atomic E-state index is 0.676. The molecule has 0 amide bonds. The van der Waals surface area contributed by atoms with E-state index in [1.54, 1.807) is 0 Å². The van der Waals surface area contributed by atoms with Gasteiger partial charge in [0.15, 0.2) is 0 Å². The minimum atomic E-state index is 0.676. The molecule has 3 aliphatic rings. The predicted molar refractivity (Wildman–Crippen MR) is 60.8 cm³/mol. The standard InChI is InChI=1S/C13H23NO/c1-2-4-11-7-12(6-5-10(11)3-1)14-13-8-15-9-13/h10-14H,1-9H2. The smallest absolute Gasteiger partial charge is 0.0643 e. The van der Waals surface area contributed by atoms with Crippen LogP contribution < -0.4 is 5.32 Å². The van der Waals surface area contributed by atoms with Crippen molar-refractivity contribution >= 4 is 0 Å². The number of nitrogens with one attached hydrogen (secondary N) is 1. The van der Waals surface area contributed by atoms with Crippen molar-refractivity contribution in [1.29, 1.82) is 0 Å². The fourth-order valence-corrected chi connectivity index (χ4v) is 3.69. The summed E-state index contributed by atoms with van der Waals surface area (Å²) in [6, 6.07) is 1.48. The van der Waals surface area contributed by atoms with E-state index in [1.165, 1.54) is 44.9 Å². The van der Waals surface area contributed by atoms with Crippen LogP contribution in [-0.4, -0.2) is 25.3 Å². The van der Waals surface area contributed by atoms with Crippen LogP contribution in [0.3, 0.4) is 0 Å². The highest BCUT2D eigenvalue weighted by Gasteiger charge is 2.33. The molecule has 2 aliphatic carbocycles. The van der Waals surface area contributed by atoms with Gasteiger partial charge < -0.3 is 10.1 Å². The number of fused-ring (bicyclic) bond motifs is 1. The lowest BCUT2D eigenvalue weighted by Crippen LogP contribution is -2.52. The Labute approximate surface area is 92.8 Å². The summed E-state index contributed by atoms with van der Waals surface area (Å²) < 4.78 is 5.22. The summed E-state index contributed by atoms with van der Waals surface area (Å²) in [6.07, 6.45) is 10.3. The van der Waals surface area contributed by atoms with Crippen molar-refractivity contribution in [3.8, 4) is 0 Å². The van der Waals surface area contributed by atoms with Gasteiger partial charge in [-0.15, -0.1) is 0 Å². The molecule has 15 heavy (non-hydrogen) atoms. The van der Waals surface area contributed by atoms with Crippen molar-refractivity contribution in [2.45, 2.75) is 57.0 Å². The molecule has 3 rings (SSSR count). The van der Waals surface area contributed by atoms with Crippen LogP contribution in [0.25, 0.3) is 0 Å². The van der Waals surface area contributed by atoms with E-state index in [4.69, 9.17) is 4.74 Å². The van der Waals surface area contributed by atoms with E-state index in [0.29, 0.717) is 6.04 Å². The third kappa shape index (κ3) is 2.21. The van der Waals surface area contributed by atoms with E-state index in [9.17, 15) is 0 Å². The van der Waals surface area contributed by atoms with Crippen LogP contribution in [0.15, 0.2) is 0 Å². The zero-order valence-corrected chi connectivity index (χ0v) is 9.58. The molecule has 0 spiro atoms. The van der Waals surface area contributed by atoms with Crippen molar-refractivity contribution in [3.63, 3.8) is 0 Å². The molecule has 2 nitrogen and oxygen atoms in total. The number of hydrogen-bond donors (Lipinski definition) is 1. The van der Waals surface area contributed by atoms with Gasteiger partial charge >= 0.3 is 0 Å². The van der Waals surface area contributed by atoms with Crippen molar-refractivity contribution < 1.29 is 4.74 Å². The zero-order chi connectivity index (χ0) is 10.1. The predicted octanol–water partition coefficient (Wildman–Crippen LogP) is 2.33. The molecule has 0 aromatic carbocycles. The quantitative estimate of drug-likeness (QED) is 0.753. The molecular weight excluding hydrogens is 186 g/mol. The lowest BCUT2D eigenvalue weighted by atomic mass is 9.69. The maximum Gasteiger partial charge on any atom is 0.0643 e. The minimum Gasteiger partial charge on any atom is -0.378 e. The Bertz CT molecular complexity index is 215. The first-order chi connectivity index (χ1) is 7.42. The first-order valence-electron chi connectivity index (χ1n) is 6.75. The van der Waals surface area contributed by atoms with Crippen LogP contribution in [0.1, 0.15) is 44.9 Å². The molecule has 1 N–H and O–H groups in total. The maximum absolute atomic E-state index is 5.22. The van der Waals surface area contributed by atoms with Crippen molar-refractivity contribution in [2.75, 3.05) is 13.2 Å². The fraction of sp³-hybridized carbons (Fsp3) is 1.00. The third-order valence-corrected chi connectivity index (χ3v) is 4.65. The lowest BCUT2D eigenvalue weighted by molar-refractivity contribution is -0.0159. The molecule has 1 heterocycles. The molecule has 0 radical (unpaired) electrons. The zero-order valence-electron chi connectivity index (χ0n) is 9.58. The molecule has 86 valence electrons. The number of hydrogen-bond acceptors (Lipinski definition) is 2. The van der Waals surface area contributed by atoms with Crippen LogP contribution >= 0.6 is 0 Å². The van der Waals surface area contributed by atoms with Gasteiger partial charge in [-0.05, 0) is 31.1 Å². The van der Waals surface area contributed by atoms with Crippen LogP contribution in [0.5, 0.6) is 0 Å². The van der Waals surface area contributed by atoms with Crippen LogP contribution in [0.2, 0.25) is 0 Å². The Morgan fingerprint density at radius 2 is 1.60 bits per heavy atom. The average molecular weight is 209 g/mol. The molecule has 3 unspecified atom stereocenters. The van der Waals surface area contributed by atoms with E-state index < -0.39 is 0 Å². The van der Waals surface area contributed by atoms with Crippen LogP contribution in [-0.2, 0) is 4.74 Å². The lowest BCUT2D eigenvalue weighted by Gasteiger charge is -2.41. The van der Waals surface area contributed by atoms with Crippen LogP contribution in [0, 0.1) is 11.8 Å². The summed E-state index contributed by atoms with van der Waals surface area (Å²) in [7, 11) is 0. The second-order valence-corrected chi connectivity index (χ2v) is 5.72. The van der Waals surface area contributed by atoms with Gasteiger partial charge in [0.05, 0.1) is 19.3 Å². The van der Waals surface area contributed by atoms with E-state index in [1.807, 2.05) is 0 Å². The van der Waals surface area contributed by atoms with E-state index >= 15 is 0 Å². The van der Waals surface area contributed by atoms with Crippen molar-refractivity contribution in [2.24, 2.45) is 11.8 Å². The molecule has 0 aromatic rings. The van der Waals surface area contributed by atoms with Crippen molar-refractivity contribution in [1.82, 2.24) is 5.32 Å². The summed E-state index contributed by atoms with van der Waals surface area (Å²) >= 11 is 0. The Morgan fingerprint density at radius 1 is 0.800 bits per heavy atom. The Kier molecular flexibility index (Phi) is 2.98. The highest BCUT2D eigenvalue weighted by Crippen LogP contribution is 2.40. The Morgan fingerprint density at radius 3 is 2.33 bits per heavy atom. The second kappa shape index (κ2) is 4.42. The molecule has 2 saturated carbocycles. The Balaban J connectivity index is 1.50. The molecule has 0 bridgehead atoms. The molecule has 2 heteroatoms. The first-order valence-corrected chi connectivity index (χ1v) is 6.75. The van der Waals surface area contributed by atoms with Gasteiger partial charge in [0, 0.05) is 6.04 Å². The topological polar surface area (TPSA) is 21.3 Å². The maximum atomic E-state index is 5.22. The monoisotopic (exact) mass is 209 g/mol. The molecule has 3 atom stereocenters. The first kappa shape index (κ1) is 10.1. The van der Waals surface area contributed by atoms with Gasteiger partial charge in [-0.2, -0.15) is 0 Å². The molecule has 1 saturated heterocycles. The van der Waals surface area contributed by atoms with Gasteiger partial charge in [-0.25, -0.2) is 0 Å². The van der Waals surface area contributed by atoms with Crippen LogP contribution in [0.4, 0.5) is 0 Å². The molecule has 3 fully saturated rings. The normalized spacial score (nSPS) is 42.0. The number of rotatable bonds is 2. The van der Waals surface area contributed by atoms with Gasteiger partial charge in [0.25, 0.3) is 0 Å². The summed E-state index contributed by atoms with van der Waals surface area (Å²) in [5.74, 6) is 2.13. The fourth-order valence-electron chi connectivity index (χ4n) is 3.69. The second-order valence-electron chi connectivity index (χ2n) is 5.72. The summed E-state index contributed by atoms with van der Waals surface area (Å²) in [5.41, 5.74) is 0. The van der Waals surface area contributed by atoms with Gasteiger partial charge in [0.2, 0.25) is 0 Å². The van der Waals surface area contributed by atoms with Gasteiger partial charge in [-0.3, -0.25) is 0 Å². The summed E-state index contributed by atoms with van der Waals surface area (Å²) in [5, 5.41) is 3.76. The summed E-state index contributed by atoms with van der Waals surface area (Å²) in [6.45, 7) is 1.90. The van der Waals surface area contributed by atoms with E-state index in [-0.39, 0.29) is 0 Å². The van der Waals surface area contributed by atoms with Gasteiger partial charge in [0.1, 0.15) is 0 Å². The SMILES string of the molecule is C1CCC2CC(NC3COC3)CCC2C1. The van der Waals surface area contributed by atoms with E-state index in [2.05, 4.69) is 5.32 Å². The molecule has 0 aromatic heterocycles.